The molecule has 1 aliphatic heterocycles. The third kappa shape index (κ3) is 5.46. The highest BCUT2D eigenvalue weighted by molar-refractivity contribution is 7.90. The highest BCUT2D eigenvalue weighted by Crippen LogP contribution is 2.17. The lowest BCUT2D eigenvalue weighted by Gasteiger charge is -2.18. The monoisotopic (exact) mass is 342 g/mol. The van der Waals surface area contributed by atoms with E-state index in [2.05, 4.69) is 9.62 Å². The number of aliphatic hydroxyl groups is 1. The van der Waals surface area contributed by atoms with Gasteiger partial charge in [0.2, 0.25) is 10.0 Å². The summed E-state index contributed by atoms with van der Waals surface area (Å²) in [5.41, 5.74) is 1.16. The maximum atomic E-state index is 11.9. The van der Waals surface area contributed by atoms with Gasteiger partial charge in [0.25, 0.3) is 0 Å². The fraction of sp³-hybridized carbons (Fsp3) is 0.625. The molecule has 0 amide bonds. The second kappa shape index (κ2) is 8.10. The van der Waals surface area contributed by atoms with Gasteiger partial charge in [-0.1, -0.05) is 12.1 Å². The van der Waals surface area contributed by atoms with E-state index in [-0.39, 0.29) is 12.6 Å². The van der Waals surface area contributed by atoms with Crippen LogP contribution in [0.2, 0.25) is 0 Å². The van der Waals surface area contributed by atoms with Gasteiger partial charge < -0.3 is 9.84 Å². The van der Waals surface area contributed by atoms with Crippen LogP contribution in [0.25, 0.3) is 0 Å². The second-order valence-corrected chi connectivity index (χ2v) is 8.42. The Kier molecular flexibility index (Phi) is 6.41. The van der Waals surface area contributed by atoms with Crippen LogP contribution in [0.1, 0.15) is 25.8 Å². The van der Waals surface area contributed by atoms with Crippen LogP contribution in [-0.2, 0) is 16.6 Å². The number of aliphatic hydroxyl groups excluding tert-OH is 1. The summed E-state index contributed by atoms with van der Waals surface area (Å²) in [6.45, 7) is 6.08. The van der Waals surface area contributed by atoms with E-state index in [1.807, 2.05) is 24.3 Å². The predicted molar refractivity (Wildman–Crippen MR) is 89.9 cm³/mol. The zero-order chi connectivity index (χ0) is 16.9. The fourth-order valence-corrected chi connectivity index (χ4v) is 3.48. The third-order valence-electron chi connectivity index (χ3n) is 3.91. The summed E-state index contributed by atoms with van der Waals surface area (Å²) in [4.78, 5) is 2.25. The molecule has 130 valence electrons. The van der Waals surface area contributed by atoms with Gasteiger partial charge in [-0.05, 0) is 38.0 Å². The number of hydrogen-bond acceptors (Lipinski definition) is 5. The van der Waals surface area contributed by atoms with Crippen LogP contribution < -0.4 is 9.46 Å². The lowest BCUT2D eigenvalue weighted by Crippen LogP contribution is -2.40. The van der Waals surface area contributed by atoms with Gasteiger partial charge in [0.15, 0.2) is 0 Å². The van der Waals surface area contributed by atoms with Crippen LogP contribution in [0.5, 0.6) is 5.75 Å². The van der Waals surface area contributed by atoms with Crippen molar-refractivity contribution >= 4 is 10.0 Å². The van der Waals surface area contributed by atoms with Gasteiger partial charge in [-0.15, -0.1) is 0 Å². The average Bonchev–Trinajstić information content (AvgIpc) is 2.92. The summed E-state index contributed by atoms with van der Waals surface area (Å²) >= 11 is 0. The number of sulfonamides is 1. The van der Waals surface area contributed by atoms with E-state index >= 15 is 0 Å². The summed E-state index contributed by atoms with van der Waals surface area (Å²) in [5, 5.41) is 8.33. The van der Waals surface area contributed by atoms with E-state index in [9.17, 15) is 8.42 Å². The predicted octanol–water partition coefficient (Wildman–Crippen LogP) is 0.960. The molecule has 1 heterocycles. The Bertz CT molecular complexity index is 587. The molecule has 1 saturated heterocycles. The molecule has 0 saturated carbocycles. The number of nitrogens with zero attached hydrogens (tertiary/aromatic N) is 1. The summed E-state index contributed by atoms with van der Waals surface area (Å²) in [5.74, 6) is 0.742. The summed E-state index contributed by atoms with van der Waals surface area (Å²) in [6, 6.07) is 7.77. The Morgan fingerprint density at radius 3 is 2.65 bits per heavy atom. The van der Waals surface area contributed by atoms with Gasteiger partial charge in [-0.3, -0.25) is 4.90 Å². The molecule has 1 aliphatic rings. The number of ether oxygens (including phenoxy) is 1. The molecule has 1 fully saturated rings. The van der Waals surface area contributed by atoms with Gasteiger partial charge in [-0.25, -0.2) is 13.1 Å². The van der Waals surface area contributed by atoms with Crippen LogP contribution in [-0.4, -0.2) is 56.0 Å². The quantitative estimate of drug-likeness (QED) is 0.736. The number of nitrogens with one attached hydrogen (secondary N) is 1. The molecule has 7 heteroatoms. The zero-order valence-corrected chi connectivity index (χ0v) is 14.6. The largest absolute Gasteiger partial charge is 0.491 e. The minimum Gasteiger partial charge on any atom is -0.491 e. The van der Waals surface area contributed by atoms with Crippen molar-refractivity contribution in [1.82, 2.24) is 9.62 Å². The zero-order valence-electron chi connectivity index (χ0n) is 13.7. The van der Waals surface area contributed by atoms with Crippen LogP contribution in [0, 0.1) is 0 Å². The van der Waals surface area contributed by atoms with E-state index in [1.165, 1.54) is 0 Å². The second-order valence-electron chi connectivity index (χ2n) is 6.15. The van der Waals surface area contributed by atoms with Crippen LogP contribution in [0.15, 0.2) is 24.3 Å². The molecule has 0 bridgehead atoms. The van der Waals surface area contributed by atoms with Gasteiger partial charge in [0.1, 0.15) is 12.4 Å². The molecule has 0 spiro atoms. The van der Waals surface area contributed by atoms with Gasteiger partial charge >= 0.3 is 0 Å². The summed E-state index contributed by atoms with van der Waals surface area (Å²) < 4.78 is 32.0. The van der Waals surface area contributed by atoms with Crippen molar-refractivity contribution in [2.24, 2.45) is 0 Å². The van der Waals surface area contributed by atoms with E-state index in [1.54, 1.807) is 13.8 Å². The van der Waals surface area contributed by atoms with Gasteiger partial charge in [0.05, 0.1) is 11.9 Å². The number of hydrogen-bond donors (Lipinski definition) is 2. The van der Waals surface area contributed by atoms with Gasteiger partial charge in [-0.2, -0.15) is 0 Å². The molecule has 2 N–H and O–H groups in total. The van der Waals surface area contributed by atoms with Crippen molar-refractivity contribution in [3.05, 3.63) is 29.8 Å². The SMILES string of the molecule is CC(C)S(=O)(=O)N[C@H]1CCN(Cc2ccc(OCCO)cc2)C1. The van der Waals surface area contributed by atoms with Crippen molar-refractivity contribution in [2.45, 2.75) is 38.1 Å². The Morgan fingerprint density at radius 1 is 1.35 bits per heavy atom. The van der Waals surface area contributed by atoms with Crippen molar-refractivity contribution in [2.75, 3.05) is 26.3 Å². The highest BCUT2D eigenvalue weighted by atomic mass is 32.2. The Morgan fingerprint density at radius 2 is 2.04 bits per heavy atom. The van der Waals surface area contributed by atoms with E-state index in [0.717, 1.165) is 37.4 Å². The molecular formula is C16H26N2O4S. The molecule has 23 heavy (non-hydrogen) atoms. The smallest absolute Gasteiger partial charge is 0.214 e. The van der Waals surface area contributed by atoms with E-state index < -0.39 is 15.3 Å². The number of likely N-dealkylation sites (tertiary alicyclic amines) is 1. The van der Waals surface area contributed by atoms with Crippen LogP contribution in [0.4, 0.5) is 0 Å². The lowest BCUT2D eigenvalue weighted by atomic mass is 10.2. The summed E-state index contributed by atoms with van der Waals surface area (Å²) in [7, 11) is -3.21. The number of rotatable bonds is 8. The minimum absolute atomic E-state index is 0.00318. The van der Waals surface area contributed by atoms with Gasteiger partial charge in [0, 0.05) is 25.7 Å². The molecule has 0 unspecified atom stereocenters. The Labute approximate surface area is 138 Å². The standard InChI is InChI=1S/C16H26N2O4S/c1-13(2)23(20,21)17-15-7-8-18(12-15)11-14-3-5-16(6-4-14)22-10-9-19/h3-6,13,15,17,19H,7-12H2,1-2H3/t15-/m0/s1. The molecule has 6 nitrogen and oxygen atoms in total. The molecular weight excluding hydrogens is 316 g/mol. The molecule has 1 atom stereocenters. The first kappa shape index (κ1) is 18.2. The summed E-state index contributed by atoms with van der Waals surface area (Å²) in [6.07, 6.45) is 0.837. The normalized spacial score (nSPS) is 19.4. The average molecular weight is 342 g/mol. The van der Waals surface area contributed by atoms with Crippen molar-refractivity contribution < 1.29 is 18.3 Å². The van der Waals surface area contributed by atoms with Crippen molar-refractivity contribution in [3.8, 4) is 5.75 Å². The molecule has 1 aromatic rings. The fourth-order valence-electron chi connectivity index (χ4n) is 2.55. The van der Waals surface area contributed by atoms with E-state index in [0.29, 0.717) is 6.61 Å². The molecule has 0 aromatic heterocycles. The highest BCUT2D eigenvalue weighted by Gasteiger charge is 2.27. The minimum atomic E-state index is -3.21. The van der Waals surface area contributed by atoms with Crippen LogP contribution >= 0.6 is 0 Å². The third-order valence-corrected chi connectivity index (χ3v) is 5.82. The first-order valence-corrected chi connectivity index (χ1v) is 9.51. The topological polar surface area (TPSA) is 78.9 Å². The van der Waals surface area contributed by atoms with Crippen LogP contribution in [0.3, 0.4) is 0 Å². The first-order valence-electron chi connectivity index (χ1n) is 7.97. The number of benzene rings is 1. The van der Waals surface area contributed by atoms with Crippen molar-refractivity contribution in [1.29, 1.82) is 0 Å². The molecule has 0 radical (unpaired) electrons. The molecule has 0 aliphatic carbocycles. The Hall–Kier alpha value is -1.15. The Balaban J connectivity index is 1.83. The van der Waals surface area contributed by atoms with Crippen molar-refractivity contribution in [3.63, 3.8) is 0 Å². The first-order chi connectivity index (χ1) is 10.9. The molecule has 1 aromatic carbocycles. The lowest BCUT2D eigenvalue weighted by molar-refractivity contribution is 0.201. The van der Waals surface area contributed by atoms with E-state index in [4.69, 9.17) is 9.84 Å². The molecule has 2 rings (SSSR count). The maximum Gasteiger partial charge on any atom is 0.214 e. The maximum absolute atomic E-state index is 11.9.